The van der Waals surface area contributed by atoms with Gasteiger partial charge in [-0.3, -0.25) is 9.59 Å². The van der Waals surface area contributed by atoms with E-state index < -0.39 is 0 Å². The molecule has 0 saturated heterocycles. The molecule has 0 fully saturated rings. The molecule has 3 rings (SSSR count). The zero-order chi connectivity index (χ0) is 20.6. The number of rotatable bonds is 7. The predicted octanol–water partition coefficient (Wildman–Crippen LogP) is 2.91. The fraction of sp³-hybridized carbons (Fsp3) is 0.348. The Morgan fingerprint density at radius 1 is 1.03 bits per heavy atom. The number of hydrazone groups is 1. The molecule has 2 aromatic rings. The molecular weight excluding hydrogens is 366 g/mol. The molecular formula is C23H27N3O3. The first-order chi connectivity index (χ1) is 14.0. The van der Waals surface area contributed by atoms with Crippen molar-refractivity contribution in [3.8, 4) is 5.75 Å². The summed E-state index contributed by atoms with van der Waals surface area (Å²) in [6.07, 6.45) is 4.70. The van der Waals surface area contributed by atoms with Crippen molar-refractivity contribution in [2.45, 2.75) is 39.5 Å². The molecule has 2 amide bonds. The van der Waals surface area contributed by atoms with Crippen molar-refractivity contribution >= 4 is 17.5 Å². The molecule has 1 aliphatic rings. The van der Waals surface area contributed by atoms with Gasteiger partial charge >= 0.3 is 0 Å². The molecule has 6 heteroatoms. The number of nitrogens with zero attached hydrogens (tertiary/aromatic N) is 1. The molecule has 2 N–H and O–H groups in total. The van der Waals surface area contributed by atoms with E-state index in [-0.39, 0.29) is 25.0 Å². The van der Waals surface area contributed by atoms with Crippen molar-refractivity contribution in [3.05, 3.63) is 64.7 Å². The Morgan fingerprint density at radius 3 is 2.62 bits per heavy atom. The van der Waals surface area contributed by atoms with Gasteiger partial charge in [-0.15, -0.1) is 0 Å². The third-order valence-electron chi connectivity index (χ3n) is 4.92. The lowest BCUT2D eigenvalue weighted by atomic mass is 9.90. The molecule has 0 heterocycles. The number of aryl methyl sites for hydroxylation is 3. The van der Waals surface area contributed by atoms with Crippen LogP contribution in [0.5, 0.6) is 5.75 Å². The minimum Gasteiger partial charge on any atom is -0.484 e. The zero-order valence-electron chi connectivity index (χ0n) is 17.0. The molecule has 29 heavy (non-hydrogen) atoms. The Kier molecular flexibility index (Phi) is 7.00. The summed E-state index contributed by atoms with van der Waals surface area (Å²) >= 11 is 0. The van der Waals surface area contributed by atoms with Gasteiger partial charge in [-0.05, 0) is 80.0 Å². The molecule has 0 aromatic heterocycles. The van der Waals surface area contributed by atoms with Gasteiger partial charge in [0.15, 0.2) is 6.61 Å². The van der Waals surface area contributed by atoms with E-state index >= 15 is 0 Å². The van der Waals surface area contributed by atoms with Crippen LogP contribution >= 0.6 is 0 Å². The lowest BCUT2D eigenvalue weighted by molar-refractivity contribution is -0.127. The summed E-state index contributed by atoms with van der Waals surface area (Å²) in [5, 5.41) is 6.69. The Labute approximate surface area is 171 Å². The van der Waals surface area contributed by atoms with Gasteiger partial charge in [0.1, 0.15) is 5.75 Å². The molecule has 6 nitrogen and oxygen atoms in total. The van der Waals surface area contributed by atoms with Crippen molar-refractivity contribution in [2.24, 2.45) is 5.10 Å². The fourth-order valence-electron chi connectivity index (χ4n) is 3.29. The number of carbonyl (C=O) groups is 2. The average molecular weight is 393 g/mol. The Bertz CT molecular complexity index is 921. The second-order valence-electron chi connectivity index (χ2n) is 7.30. The normalized spacial score (nSPS) is 13.4. The average Bonchev–Trinajstić information content (AvgIpc) is 2.74. The quantitative estimate of drug-likeness (QED) is 0.561. The van der Waals surface area contributed by atoms with E-state index in [1.54, 1.807) is 6.07 Å². The number of fused-ring (bicyclic) bond motifs is 1. The number of hydrogen-bond acceptors (Lipinski definition) is 4. The Balaban J connectivity index is 1.43. The van der Waals surface area contributed by atoms with Crippen molar-refractivity contribution in [3.63, 3.8) is 0 Å². The summed E-state index contributed by atoms with van der Waals surface area (Å²) in [6, 6.07) is 13.8. The highest BCUT2D eigenvalue weighted by molar-refractivity contribution is 5.99. The number of carbonyl (C=O) groups excluding carboxylic acids is 2. The van der Waals surface area contributed by atoms with Crippen LogP contribution in [-0.4, -0.2) is 30.7 Å². The molecule has 0 aliphatic heterocycles. The van der Waals surface area contributed by atoms with E-state index in [0.29, 0.717) is 5.75 Å². The largest absolute Gasteiger partial charge is 0.484 e. The first-order valence-corrected chi connectivity index (χ1v) is 9.93. The van der Waals surface area contributed by atoms with Crippen LogP contribution in [0.1, 0.15) is 42.0 Å². The minimum absolute atomic E-state index is 0.145. The van der Waals surface area contributed by atoms with Gasteiger partial charge in [0.25, 0.3) is 11.8 Å². The monoisotopic (exact) mass is 393 g/mol. The first-order valence-electron chi connectivity index (χ1n) is 9.93. The summed E-state index contributed by atoms with van der Waals surface area (Å²) in [4.78, 5) is 23.8. The smallest absolute Gasteiger partial charge is 0.259 e. The van der Waals surface area contributed by atoms with Crippen LogP contribution < -0.4 is 15.5 Å². The van der Waals surface area contributed by atoms with Crippen LogP contribution in [0.15, 0.2) is 47.6 Å². The highest BCUT2D eigenvalue weighted by Gasteiger charge is 2.11. The maximum Gasteiger partial charge on any atom is 0.259 e. The SMILES string of the molecule is C/C(=N/NC(=O)CNC(=O)COc1cccc(C)c1)c1ccc2c(c1)CCCC2. The Morgan fingerprint density at radius 2 is 1.83 bits per heavy atom. The zero-order valence-corrected chi connectivity index (χ0v) is 17.0. The number of benzene rings is 2. The second kappa shape index (κ2) is 9.87. The van der Waals surface area contributed by atoms with Crippen molar-refractivity contribution in [1.82, 2.24) is 10.7 Å². The van der Waals surface area contributed by atoms with Crippen molar-refractivity contribution < 1.29 is 14.3 Å². The van der Waals surface area contributed by atoms with E-state index in [0.717, 1.165) is 29.7 Å². The van der Waals surface area contributed by atoms with Crippen LogP contribution in [0.3, 0.4) is 0 Å². The maximum atomic E-state index is 12.0. The van der Waals surface area contributed by atoms with Crippen molar-refractivity contribution in [1.29, 1.82) is 0 Å². The summed E-state index contributed by atoms with van der Waals surface area (Å²) in [5.74, 6) is -0.127. The highest BCUT2D eigenvalue weighted by Crippen LogP contribution is 2.22. The van der Waals surface area contributed by atoms with Gasteiger partial charge in [-0.2, -0.15) is 5.10 Å². The lowest BCUT2D eigenvalue weighted by Crippen LogP contribution is -2.37. The number of amides is 2. The molecule has 0 atom stereocenters. The minimum atomic E-state index is -0.383. The van der Waals surface area contributed by atoms with Gasteiger partial charge in [0.05, 0.1) is 12.3 Å². The summed E-state index contributed by atoms with van der Waals surface area (Å²) < 4.78 is 5.41. The van der Waals surface area contributed by atoms with E-state index in [1.807, 2.05) is 38.1 Å². The predicted molar refractivity (Wildman–Crippen MR) is 113 cm³/mol. The van der Waals surface area contributed by atoms with Crippen LogP contribution in [0.25, 0.3) is 0 Å². The van der Waals surface area contributed by atoms with Gasteiger partial charge in [0.2, 0.25) is 0 Å². The van der Waals surface area contributed by atoms with Crippen LogP contribution in [-0.2, 0) is 22.4 Å². The van der Waals surface area contributed by atoms with E-state index in [9.17, 15) is 9.59 Å². The first kappa shape index (κ1) is 20.6. The molecule has 0 spiro atoms. The fourth-order valence-corrected chi connectivity index (χ4v) is 3.29. The van der Waals surface area contributed by atoms with Gasteiger partial charge in [-0.1, -0.05) is 24.3 Å². The number of ether oxygens (including phenoxy) is 1. The maximum absolute atomic E-state index is 12.0. The van der Waals surface area contributed by atoms with Gasteiger partial charge in [-0.25, -0.2) is 5.43 Å². The van der Waals surface area contributed by atoms with Crippen LogP contribution in [0, 0.1) is 6.92 Å². The summed E-state index contributed by atoms with van der Waals surface area (Å²) in [5.41, 5.74) is 8.06. The number of hydrogen-bond donors (Lipinski definition) is 2. The summed E-state index contributed by atoms with van der Waals surface area (Å²) in [7, 11) is 0. The van der Waals surface area contributed by atoms with Crippen LogP contribution in [0.4, 0.5) is 0 Å². The summed E-state index contributed by atoms with van der Waals surface area (Å²) in [6.45, 7) is 3.51. The molecule has 2 aromatic carbocycles. The topological polar surface area (TPSA) is 79.8 Å². The molecule has 152 valence electrons. The van der Waals surface area contributed by atoms with E-state index in [1.165, 1.54) is 24.0 Å². The van der Waals surface area contributed by atoms with Crippen molar-refractivity contribution in [2.75, 3.05) is 13.2 Å². The third kappa shape index (κ3) is 6.17. The Hall–Kier alpha value is -3.15. The standard InChI is InChI=1S/C23H27N3O3/c1-16-6-5-9-21(12-16)29-15-23(28)24-14-22(27)26-25-17(2)19-11-10-18-7-3-4-8-20(18)13-19/h5-6,9-13H,3-4,7-8,14-15H2,1-2H3,(H,24,28)(H,26,27)/b25-17-. The lowest BCUT2D eigenvalue weighted by Gasteiger charge is -2.16. The number of nitrogens with one attached hydrogen (secondary N) is 2. The highest BCUT2D eigenvalue weighted by atomic mass is 16.5. The van der Waals surface area contributed by atoms with Gasteiger partial charge in [0, 0.05) is 0 Å². The molecule has 0 bridgehead atoms. The van der Waals surface area contributed by atoms with Gasteiger partial charge < -0.3 is 10.1 Å². The van der Waals surface area contributed by atoms with Crippen LogP contribution in [0.2, 0.25) is 0 Å². The molecule has 0 radical (unpaired) electrons. The van der Waals surface area contributed by atoms with E-state index in [2.05, 4.69) is 28.0 Å². The van der Waals surface area contributed by atoms with E-state index in [4.69, 9.17) is 4.74 Å². The molecule has 0 unspecified atom stereocenters. The second-order valence-corrected chi connectivity index (χ2v) is 7.30. The molecule has 0 saturated carbocycles. The molecule has 1 aliphatic carbocycles. The third-order valence-corrected chi connectivity index (χ3v) is 4.92.